The van der Waals surface area contributed by atoms with Crippen LogP contribution in [-0.4, -0.2) is 58.7 Å². The summed E-state index contributed by atoms with van der Waals surface area (Å²) in [5.74, 6) is 0.728. The van der Waals surface area contributed by atoms with Crippen LogP contribution in [0.2, 0.25) is 0 Å². The average Bonchev–Trinajstić information content (AvgIpc) is 3.09. The van der Waals surface area contributed by atoms with Crippen LogP contribution < -0.4 is 9.64 Å². The Morgan fingerprint density at radius 1 is 1.13 bits per heavy atom. The van der Waals surface area contributed by atoms with Crippen LogP contribution in [0, 0.1) is 10.8 Å². The number of hydrogen-bond acceptors (Lipinski definition) is 7. The molecule has 2 aromatic rings. The highest BCUT2D eigenvalue weighted by Gasteiger charge is 2.35. The molecule has 2 aromatic heterocycles. The zero-order chi connectivity index (χ0) is 21.5. The topological polar surface area (TPSA) is 74.5 Å². The molecule has 8 heteroatoms. The molecule has 4 rings (SSSR count). The van der Waals surface area contributed by atoms with E-state index in [4.69, 9.17) is 14.2 Å². The second-order valence-electron chi connectivity index (χ2n) is 10.3. The van der Waals surface area contributed by atoms with Crippen molar-refractivity contribution in [2.24, 2.45) is 10.8 Å². The van der Waals surface area contributed by atoms with Gasteiger partial charge in [0.2, 0.25) is 0 Å². The Bertz CT molecular complexity index is 875. The van der Waals surface area contributed by atoms with Gasteiger partial charge in [-0.3, -0.25) is 0 Å². The Morgan fingerprint density at radius 3 is 2.47 bits per heavy atom. The largest absolute Gasteiger partial charge is 0.489 e. The third-order valence-corrected chi connectivity index (χ3v) is 5.24. The molecule has 0 aromatic carbocycles. The molecule has 8 nitrogen and oxygen atoms in total. The number of nitrogens with zero attached hydrogens (tertiary/aromatic N) is 5. The average molecular weight is 416 g/mol. The third-order valence-electron chi connectivity index (χ3n) is 5.24. The highest BCUT2D eigenvalue weighted by molar-refractivity contribution is 5.66. The van der Waals surface area contributed by atoms with Crippen molar-refractivity contribution < 1.29 is 14.2 Å². The first kappa shape index (κ1) is 21.1. The number of aromatic nitrogens is 4. The van der Waals surface area contributed by atoms with Gasteiger partial charge in [-0.25, -0.2) is 9.67 Å². The van der Waals surface area contributed by atoms with E-state index in [1.807, 2.05) is 26.2 Å². The summed E-state index contributed by atoms with van der Waals surface area (Å²) in [7, 11) is 0. The molecule has 0 aliphatic carbocycles. The number of hydrogen-bond donors (Lipinski definition) is 0. The molecule has 164 valence electrons. The fraction of sp³-hybridized carbons (Fsp3) is 0.682. The molecule has 0 radical (unpaired) electrons. The molecule has 0 atom stereocenters. The fourth-order valence-corrected chi connectivity index (χ4v) is 3.79. The number of rotatable bonds is 6. The smallest absolute Gasteiger partial charge is 0.177 e. The van der Waals surface area contributed by atoms with Gasteiger partial charge in [-0.1, -0.05) is 32.9 Å². The lowest BCUT2D eigenvalue weighted by Crippen LogP contribution is -2.53. The van der Waals surface area contributed by atoms with E-state index in [2.05, 4.69) is 54.0 Å². The van der Waals surface area contributed by atoms with Crippen molar-refractivity contribution >= 4 is 5.69 Å². The van der Waals surface area contributed by atoms with E-state index >= 15 is 0 Å². The zero-order valence-electron chi connectivity index (χ0n) is 18.9. The molecule has 0 amide bonds. The van der Waals surface area contributed by atoms with E-state index in [9.17, 15) is 0 Å². The lowest BCUT2D eigenvalue weighted by atomic mass is 9.84. The van der Waals surface area contributed by atoms with Crippen molar-refractivity contribution in [3.05, 3.63) is 18.5 Å². The zero-order valence-corrected chi connectivity index (χ0v) is 18.9. The van der Waals surface area contributed by atoms with Gasteiger partial charge in [-0.2, -0.15) is 0 Å². The Balaban J connectivity index is 1.50. The number of anilines is 1. The van der Waals surface area contributed by atoms with Crippen molar-refractivity contribution in [3.8, 4) is 17.1 Å². The van der Waals surface area contributed by atoms with Gasteiger partial charge in [0, 0.05) is 24.6 Å². The number of pyridine rings is 1. The second-order valence-corrected chi connectivity index (χ2v) is 10.3. The lowest BCUT2D eigenvalue weighted by molar-refractivity contribution is -0.227. The monoisotopic (exact) mass is 415 g/mol. The van der Waals surface area contributed by atoms with Crippen LogP contribution in [0.25, 0.3) is 11.4 Å². The summed E-state index contributed by atoms with van der Waals surface area (Å²) in [5.41, 5.74) is 2.85. The molecular formula is C22H33N5O3. The summed E-state index contributed by atoms with van der Waals surface area (Å²) >= 11 is 0. The van der Waals surface area contributed by atoms with Gasteiger partial charge in [0.25, 0.3) is 0 Å². The van der Waals surface area contributed by atoms with Crippen molar-refractivity contribution in [2.75, 3.05) is 31.2 Å². The molecule has 4 heterocycles. The molecule has 30 heavy (non-hydrogen) atoms. The van der Waals surface area contributed by atoms with Crippen molar-refractivity contribution in [3.63, 3.8) is 0 Å². The molecule has 2 saturated heterocycles. The Morgan fingerprint density at radius 2 is 1.83 bits per heavy atom. The molecule has 2 fully saturated rings. The first-order chi connectivity index (χ1) is 14.1. The molecule has 0 spiro atoms. The minimum absolute atomic E-state index is 0.0380. The summed E-state index contributed by atoms with van der Waals surface area (Å²) in [6.07, 6.45) is 3.49. The summed E-state index contributed by atoms with van der Waals surface area (Å²) in [6, 6.07) is 2.06. The Hall–Kier alpha value is -2.19. The van der Waals surface area contributed by atoms with E-state index in [1.54, 1.807) is 4.68 Å². The first-order valence-corrected chi connectivity index (χ1v) is 10.7. The Kier molecular flexibility index (Phi) is 5.48. The third kappa shape index (κ3) is 4.75. The SMILES string of the molecule is CC(C)Oc1cc(N2CC(C)(C)C2)cnc1-c1cn(CC2OCC(C)(C)CO2)nn1. The lowest BCUT2D eigenvalue weighted by Gasteiger charge is -2.47. The van der Waals surface area contributed by atoms with Gasteiger partial charge < -0.3 is 19.1 Å². The summed E-state index contributed by atoms with van der Waals surface area (Å²) in [5, 5.41) is 8.57. The normalized spacial score (nSPS) is 21.0. The molecule has 0 N–H and O–H groups in total. The number of ether oxygens (including phenoxy) is 3. The minimum atomic E-state index is -0.316. The van der Waals surface area contributed by atoms with Gasteiger partial charge in [-0.15, -0.1) is 5.10 Å². The van der Waals surface area contributed by atoms with Crippen LogP contribution in [0.1, 0.15) is 41.5 Å². The van der Waals surface area contributed by atoms with Crippen LogP contribution in [-0.2, 0) is 16.0 Å². The fourth-order valence-electron chi connectivity index (χ4n) is 3.79. The van der Waals surface area contributed by atoms with E-state index in [0.29, 0.717) is 36.6 Å². The maximum absolute atomic E-state index is 6.08. The van der Waals surface area contributed by atoms with Gasteiger partial charge in [0.05, 0.1) is 43.9 Å². The first-order valence-electron chi connectivity index (χ1n) is 10.7. The Labute approximate surface area is 178 Å². The van der Waals surface area contributed by atoms with Crippen LogP contribution in [0.4, 0.5) is 5.69 Å². The van der Waals surface area contributed by atoms with E-state index < -0.39 is 0 Å². The van der Waals surface area contributed by atoms with Crippen molar-refractivity contribution in [1.29, 1.82) is 0 Å². The highest BCUT2D eigenvalue weighted by Crippen LogP contribution is 2.37. The van der Waals surface area contributed by atoms with Crippen molar-refractivity contribution in [1.82, 2.24) is 20.0 Å². The van der Waals surface area contributed by atoms with Crippen LogP contribution in [0.5, 0.6) is 5.75 Å². The van der Waals surface area contributed by atoms with E-state index in [0.717, 1.165) is 24.5 Å². The summed E-state index contributed by atoms with van der Waals surface area (Å²) < 4.78 is 19.4. The van der Waals surface area contributed by atoms with Crippen LogP contribution in [0.15, 0.2) is 18.5 Å². The van der Waals surface area contributed by atoms with Crippen LogP contribution in [0.3, 0.4) is 0 Å². The van der Waals surface area contributed by atoms with Crippen molar-refractivity contribution in [2.45, 2.75) is 60.5 Å². The van der Waals surface area contributed by atoms with Gasteiger partial charge in [0.15, 0.2) is 6.29 Å². The minimum Gasteiger partial charge on any atom is -0.489 e. The molecule has 0 bridgehead atoms. The predicted octanol–water partition coefficient (Wildman–Crippen LogP) is 3.37. The summed E-state index contributed by atoms with van der Waals surface area (Å²) in [6.45, 7) is 16.7. The maximum Gasteiger partial charge on any atom is 0.177 e. The highest BCUT2D eigenvalue weighted by atomic mass is 16.7. The quantitative estimate of drug-likeness (QED) is 0.716. The second kappa shape index (κ2) is 7.81. The van der Waals surface area contributed by atoms with Gasteiger partial charge >= 0.3 is 0 Å². The standard InChI is InChI=1S/C22H33N5O3/c1-15(2)30-18-7-16(26-11-21(3,4)12-26)8-23-20(18)17-9-27(25-24-17)10-19-28-13-22(5,6)14-29-19/h7-9,15,19H,10-14H2,1-6H3. The molecule has 2 aliphatic rings. The predicted molar refractivity (Wildman–Crippen MR) is 114 cm³/mol. The van der Waals surface area contributed by atoms with Gasteiger partial charge in [0.1, 0.15) is 17.1 Å². The molecule has 0 saturated carbocycles. The molecular weight excluding hydrogens is 382 g/mol. The molecule has 0 unspecified atom stereocenters. The van der Waals surface area contributed by atoms with Crippen LogP contribution >= 0.6 is 0 Å². The summed E-state index contributed by atoms with van der Waals surface area (Å²) in [4.78, 5) is 7.01. The maximum atomic E-state index is 6.08. The van der Waals surface area contributed by atoms with E-state index in [1.165, 1.54) is 0 Å². The molecule has 2 aliphatic heterocycles. The van der Waals surface area contributed by atoms with E-state index in [-0.39, 0.29) is 17.8 Å². The van der Waals surface area contributed by atoms with Gasteiger partial charge in [-0.05, 0) is 19.3 Å².